The molecular formula is C22H19F2NO5. The van der Waals surface area contributed by atoms with Crippen LogP contribution in [0.1, 0.15) is 24.0 Å². The van der Waals surface area contributed by atoms with Crippen LogP contribution in [-0.2, 0) is 4.79 Å². The maximum Gasteiger partial charge on any atom is 0.586 e. The zero-order chi connectivity index (χ0) is 20.9. The highest BCUT2D eigenvalue weighted by Crippen LogP contribution is 2.47. The summed E-state index contributed by atoms with van der Waals surface area (Å²) < 4.78 is 42.4. The van der Waals surface area contributed by atoms with Gasteiger partial charge in [0.05, 0.1) is 6.54 Å². The van der Waals surface area contributed by atoms with E-state index in [-0.39, 0.29) is 18.0 Å². The van der Waals surface area contributed by atoms with Gasteiger partial charge in [-0.15, -0.1) is 8.78 Å². The Bertz CT molecular complexity index is 1040. The molecule has 6 nitrogen and oxygen atoms in total. The lowest BCUT2D eigenvalue weighted by molar-refractivity contribution is -0.286. The molecule has 5 rings (SSSR count). The van der Waals surface area contributed by atoms with Crippen LogP contribution in [0.3, 0.4) is 0 Å². The summed E-state index contributed by atoms with van der Waals surface area (Å²) >= 11 is 0. The van der Waals surface area contributed by atoms with Crippen LogP contribution in [0, 0.1) is 0 Å². The van der Waals surface area contributed by atoms with E-state index in [2.05, 4.69) is 9.47 Å². The molecule has 2 aromatic carbocycles. The number of hydrogen-bond acceptors (Lipinski definition) is 5. The number of piperidine rings is 1. The third-order valence-electron chi connectivity index (χ3n) is 5.67. The van der Waals surface area contributed by atoms with Gasteiger partial charge in [0.2, 0.25) is 0 Å². The third-order valence-corrected chi connectivity index (χ3v) is 5.67. The zero-order valence-electron chi connectivity index (χ0n) is 15.9. The normalized spacial score (nSPS) is 20.9. The second kappa shape index (κ2) is 6.70. The lowest BCUT2D eigenvalue weighted by Gasteiger charge is -2.42. The van der Waals surface area contributed by atoms with Crippen molar-refractivity contribution in [3.8, 4) is 17.2 Å². The van der Waals surface area contributed by atoms with Crippen LogP contribution >= 0.6 is 0 Å². The number of para-hydroxylation sites is 1. The van der Waals surface area contributed by atoms with Crippen LogP contribution in [0.15, 0.2) is 48.5 Å². The van der Waals surface area contributed by atoms with Crippen LogP contribution in [0.5, 0.6) is 17.2 Å². The fourth-order valence-electron chi connectivity index (χ4n) is 4.25. The molecule has 3 heterocycles. The number of nitrogens with zero attached hydrogens (tertiary/aromatic N) is 1. The number of alkyl halides is 2. The summed E-state index contributed by atoms with van der Waals surface area (Å²) in [7, 11) is 0. The van der Waals surface area contributed by atoms with Gasteiger partial charge in [-0.3, -0.25) is 9.69 Å². The molecule has 3 aliphatic heterocycles. The van der Waals surface area contributed by atoms with Gasteiger partial charge in [0.15, 0.2) is 11.5 Å². The van der Waals surface area contributed by atoms with Crippen molar-refractivity contribution >= 4 is 11.5 Å². The zero-order valence-corrected chi connectivity index (χ0v) is 15.9. The average molecular weight is 415 g/mol. The standard InChI is InChI=1S/C22H19F2NO5/c23-22(24)29-18-6-5-14(11-19(18)30-22)16-12-21(28-17-4-2-1-3-15(16)17)7-9-25(10-8-21)13-20(26)27/h1-6,11-12H,7-10,13H2,(H,26,27). The van der Waals surface area contributed by atoms with Crippen molar-refractivity contribution in [1.29, 1.82) is 0 Å². The molecule has 0 amide bonds. The molecule has 30 heavy (non-hydrogen) atoms. The molecule has 1 saturated heterocycles. The number of benzene rings is 2. The first-order valence-corrected chi connectivity index (χ1v) is 9.68. The molecule has 0 atom stereocenters. The van der Waals surface area contributed by atoms with Crippen molar-refractivity contribution in [2.75, 3.05) is 19.6 Å². The third kappa shape index (κ3) is 3.37. The molecule has 156 valence electrons. The summed E-state index contributed by atoms with van der Waals surface area (Å²) in [6.45, 7) is 1.18. The summed E-state index contributed by atoms with van der Waals surface area (Å²) in [5.74, 6) is -0.145. The molecular weight excluding hydrogens is 396 g/mol. The number of aliphatic carboxylic acids is 1. The lowest BCUT2D eigenvalue weighted by atomic mass is 9.83. The summed E-state index contributed by atoms with van der Waals surface area (Å²) in [4.78, 5) is 12.9. The maximum absolute atomic E-state index is 13.4. The predicted molar refractivity (Wildman–Crippen MR) is 103 cm³/mol. The van der Waals surface area contributed by atoms with Crippen molar-refractivity contribution in [2.24, 2.45) is 0 Å². The van der Waals surface area contributed by atoms with Crippen molar-refractivity contribution in [2.45, 2.75) is 24.7 Å². The Morgan fingerprint density at radius 3 is 2.50 bits per heavy atom. The van der Waals surface area contributed by atoms with Crippen molar-refractivity contribution in [3.05, 3.63) is 59.7 Å². The highest BCUT2D eigenvalue weighted by Gasteiger charge is 2.44. The first kappa shape index (κ1) is 18.9. The van der Waals surface area contributed by atoms with Gasteiger partial charge < -0.3 is 19.3 Å². The summed E-state index contributed by atoms with van der Waals surface area (Å²) in [6, 6.07) is 12.3. The quantitative estimate of drug-likeness (QED) is 0.824. The Morgan fingerprint density at radius 1 is 1.00 bits per heavy atom. The minimum Gasteiger partial charge on any atom is -0.482 e. The Morgan fingerprint density at radius 2 is 1.73 bits per heavy atom. The SMILES string of the molecule is O=C(O)CN1CCC2(C=C(c3ccc4c(c3)OC(F)(F)O4)c3ccccc3O2)CC1. The number of likely N-dealkylation sites (tertiary alicyclic amines) is 1. The second-order valence-corrected chi connectivity index (χ2v) is 7.72. The number of ether oxygens (including phenoxy) is 3. The van der Waals surface area contributed by atoms with E-state index in [4.69, 9.17) is 9.84 Å². The van der Waals surface area contributed by atoms with Crippen molar-refractivity contribution in [1.82, 2.24) is 4.90 Å². The van der Waals surface area contributed by atoms with Crippen LogP contribution < -0.4 is 14.2 Å². The Balaban J connectivity index is 1.51. The smallest absolute Gasteiger partial charge is 0.482 e. The molecule has 1 spiro atoms. The first-order valence-electron chi connectivity index (χ1n) is 9.68. The van der Waals surface area contributed by atoms with Gasteiger partial charge in [0, 0.05) is 31.5 Å². The molecule has 0 aromatic heterocycles. The van der Waals surface area contributed by atoms with E-state index in [0.29, 0.717) is 31.7 Å². The molecule has 0 bridgehead atoms. The Hall–Kier alpha value is -3.13. The topological polar surface area (TPSA) is 68.2 Å². The lowest BCUT2D eigenvalue weighted by Crippen LogP contribution is -2.49. The van der Waals surface area contributed by atoms with Crippen LogP contribution in [-0.4, -0.2) is 47.5 Å². The summed E-state index contributed by atoms with van der Waals surface area (Å²) in [5, 5.41) is 9.04. The van der Waals surface area contributed by atoms with Gasteiger partial charge in [-0.05, 0) is 35.4 Å². The van der Waals surface area contributed by atoms with E-state index in [1.165, 1.54) is 6.07 Å². The van der Waals surface area contributed by atoms with E-state index < -0.39 is 17.9 Å². The number of carbonyl (C=O) groups is 1. The van der Waals surface area contributed by atoms with Crippen LogP contribution in [0.4, 0.5) is 8.78 Å². The Kier molecular flexibility index (Phi) is 4.21. The predicted octanol–water partition coefficient (Wildman–Crippen LogP) is 3.75. The van der Waals surface area contributed by atoms with Gasteiger partial charge in [0.25, 0.3) is 0 Å². The van der Waals surface area contributed by atoms with Gasteiger partial charge in [-0.2, -0.15) is 0 Å². The van der Waals surface area contributed by atoms with E-state index in [0.717, 1.165) is 16.7 Å². The van der Waals surface area contributed by atoms with Gasteiger partial charge in [0.1, 0.15) is 11.4 Å². The number of fused-ring (bicyclic) bond motifs is 2. The van der Waals surface area contributed by atoms with Gasteiger partial charge in [-0.1, -0.05) is 24.3 Å². The molecule has 0 aliphatic carbocycles. The highest BCUT2D eigenvalue weighted by atomic mass is 19.3. The molecule has 2 aromatic rings. The molecule has 0 saturated carbocycles. The summed E-state index contributed by atoms with van der Waals surface area (Å²) in [6.07, 6.45) is -0.383. The van der Waals surface area contributed by atoms with E-state index >= 15 is 0 Å². The number of carboxylic acids is 1. The summed E-state index contributed by atoms with van der Waals surface area (Å²) in [5.41, 5.74) is 1.86. The van der Waals surface area contributed by atoms with E-state index in [9.17, 15) is 13.6 Å². The Labute approximate surface area is 171 Å². The molecule has 1 N–H and O–H groups in total. The monoisotopic (exact) mass is 415 g/mol. The van der Waals surface area contributed by atoms with Crippen molar-refractivity contribution < 1.29 is 32.9 Å². The van der Waals surface area contributed by atoms with Crippen molar-refractivity contribution in [3.63, 3.8) is 0 Å². The van der Waals surface area contributed by atoms with Gasteiger partial charge >= 0.3 is 12.3 Å². The molecule has 1 fully saturated rings. The van der Waals surface area contributed by atoms with E-state index in [1.54, 1.807) is 12.1 Å². The minimum atomic E-state index is -3.67. The second-order valence-electron chi connectivity index (χ2n) is 7.72. The molecule has 0 radical (unpaired) electrons. The average Bonchev–Trinajstić information content (AvgIpc) is 3.02. The van der Waals surface area contributed by atoms with E-state index in [1.807, 2.05) is 35.2 Å². The number of rotatable bonds is 3. The molecule has 3 aliphatic rings. The number of carboxylic acid groups (broad SMARTS) is 1. The number of halogens is 2. The molecule has 8 heteroatoms. The van der Waals surface area contributed by atoms with Crippen LogP contribution in [0.25, 0.3) is 5.57 Å². The highest BCUT2D eigenvalue weighted by molar-refractivity contribution is 5.85. The van der Waals surface area contributed by atoms with Crippen LogP contribution in [0.2, 0.25) is 0 Å². The fraction of sp³-hybridized carbons (Fsp3) is 0.318. The fourth-order valence-corrected chi connectivity index (χ4v) is 4.25. The first-order chi connectivity index (χ1) is 14.3. The largest absolute Gasteiger partial charge is 0.586 e. The number of hydrogen-bond donors (Lipinski definition) is 1. The maximum atomic E-state index is 13.4. The molecule has 0 unspecified atom stereocenters. The minimum absolute atomic E-state index is 0.000386. The van der Waals surface area contributed by atoms with Gasteiger partial charge in [-0.25, -0.2) is 0 Å².